The van der Waals surface area contributed by atoms with Crippen molar-refractivity contribution in [3.63, 3.8) is 0 Å². The third-order valence-electron chi connectivity index (χ3n) is 3.65. The third-order valence-corrected chi connectivity index (χ3v) is 3.65. The Kier molecular flexibility index (Phi) is 6.52. The van der Waals surface area contributed by atoms with Crippen LogP contribution < -0.4 is 4.74 Å². The van der Waals surface area contributed by atoms with Gasteiger partial charge in [0.15, 0.2) is 0 Å². The molecule has 0 aromatic heterocycles. The summed E-state index contributed by atoms with van der Waals surface area (Å²) in [6.45, 7) is 8.84. The molecular weight excluding hydrogens is 254 g/mol. The van der Waals surface area contributed by atoms with Crippen molar-refractivity contribution >= 4 is 5.97 Å². The van der Waals surface area contributed by atoms with E-state index in [0.29, 0.717) is 6.61 Å². The zero-order valence-electron chi connectivity index (χ0n) is 12.8. The van der Waals surface area contributed by atoms with E-state index in [2.05, 4.69) is 13.8 Å². The molecule has 2 atom stereocenters. The largest absolute Gasteiger partial charge is 0.494 e. The zero-order valence-corrected chi connectivity index (χ0v) is 12.8. The molecule has 0 bridgehead atoms. The van der Waals surface area contributed by atoms with Gasteiger partial charge in [-0.05, 0) is 44.9 Å². The molecule has 1 N–H and O–H groups in total. The average molecular weight is 279 g/mol. The van der Waals surface area contributed by atoms with Crippen molar-refractivity contribution in [2.24, 2.45) is 0 Å². The van der Waals surface area contributed by atoms with E-state index in [4.69, 9.17) is 9.84 Å². The monoisotopic (exact) mass is 279 g/mol. The van der Waals surface area contributed by atoms with Crippen molar-refractivity contribution in [1.82, 2.24) is 4.90 Å². The lowest BCUT2D eigenvalue weighted by atomic mass is 10.0. The molecule has 20 heavy (non-hydrogen) atoms. The highest BCUT2D eigenvalue weighted by atomic mass is 16.5. The molecule has 0 aliphatic rings. The summed E-state index contributed by atoms with van der Waals surface area (Å²) >= 11 is 0. The summed E-state index contributed by atoms with van der Waals surface area (Å²) in [6.07, 6.45) is 0.925. The number of aliphatic carboxylic acids is 1. The Bertz CT molecular complexity index is 416. The minimum Gasteiger partial charge on any atom is -0.494 e. The number of carbonyl (C=O) groups is 1. The molecule has 2 unspecified atom stereocenters. The van der Waals surface area contributed by atoms with Crippen LogP contribution in [0.4, 0.5) is 0 Å². The number of benzene rings is 1. The first-order valence-corrected chi connectivity index (χ1v) is 7.19. The molecule has 1 aromatic rings. The van der Waals surface area contributed by atoms with Crippen LogP contribution in [0.5, 0.6) is 5.75 Å². The summed E-state index contributed by atoms with van der Waals surface area (Å²) in [5, 5.41) is 9.08. The number of carboxylic acids is 1. The third kappa shape index (κ3) is 4.53. The van der Waals surface area contributed by atoms with Crippen LogP contribution in [0.1, 0.15) is 45.7 Å². The summed E-state index contributed by atoms with van der Waals surface area (Å²) in [7, 11) is 0. The van der Waals surface area contributed by atoms with E-state index < -0.39 is 5.97 Å². The summed E-state index contributed by atoms with van der Waals surface area (Å²) in [5.74, 6) is 0.0554. The Labute approximate surface area is 121 Å². The van der Waals surface area contributed by atoms with Gasteiger partial charge in [-0.15, -0.1) is 0 Å². The topological polar surface area (TPSA) is 49.8 Å². The van der Waals surface area contributed by atoms with E-state index in [9.17, 15) is 4.79 Å². The van der Waals surface area contributed by atoms with Gasteiger partial charge in [0.25, 0.3) is 0 Å². The van der Waals surface area contributed by atoms with Gasteiger partial charge in [0.05, 0.1) is 13.2 Å². The van der Waals surface area contributed by atoms with E-state index in [0.717, 1.165) is 17.7 Å². The van der Waals surface area contributed by atoms with Crippen LogP contribution in [-0.2, 0) is 4.79 Å². The number of carboxylic acid groups (broad SMARTS) is 1. The molecule has 0 heterocycles. The Morgan fingerprint density at radius 2 is 1.85 bits per heavy atom. The molecule has 0 radical (unpaired) electrons. The normalized spacial score (nSPS) is 14.1. The van der Waals surface area contributed by atoms with E-state index in [1.807, 2.05) is 43.0 Å². The molecule has 4 heteroatoms. The maximum Gasteiger partial charge on any atom is 0.317 e. The van der Waals surface area contributed by atoms with Gasteiger partial charge in [-0.1, -0.05) is 19.1 Å². The van der Waals surface area contributed by atoms with Gasteiger partial charge in [0.1, 0.15) is 5.75 Å². The van der Waals surface area contributed by atoms with E-state index >= 15 is 0 Å². The second-order valence-corrected chi connectivity index (χ2v) is 5.00. The molecular formula is C16H25NO3. The van der Waals surface area contributed by atoms with Crippen LogP contribution in [0, 0.1) is 0 Å². The highest BCUT2D eigenvalue weighted by Crippen LogP contribution is 2.25. The minimum absolute atomic E-state index is 0.0589. The molecule has 4 nitrogen and oxygen atoms in total. The Hall–Kier alpha value is -1.55. The van der Waals surface area contributed by atoms with Crippen molar-refractivity contribution in [1.29, 1.82) is 0 Å². The fourth-order valence-corrected chi connectivity index (χ4v) is 2.27. The van der Waals surface area contributed by atoms with Crippen molar-refractivity contribution < 1.29 is 14.6 Å². The molecule has 0 aliphatic carbocycles. The molecule has 0 aliphatic heterocycles. The summed E-state index contributed by atoms with van der Waals surface area (Å²) < 4.78 is 5.43. The lowest BCUT2D eigenvalue weighted by molar-refractivity contribution is -0.139. The first-order chi connectivity index (χ1) is 9.49. The average Bonchev–Trinajstić information content (AvgIpc) is 2.44. The molecule has 112 valence electrons. The van der Waals surface area contributed by atoms with E-state index in [1.54, 1.807) is 0 Å². The standard InChI is InChI=1S/C16H25NO3/c1-5-12(3)17(11-16(18)19)13(4)14-7-9-15(10-8-14)20-6-2/h7-10,12-13H,5-6,11H2,1-4H3,(H,18,19). The summed E-state index contributed by atoms with van der Waals surface area (Å²) in [5.41, 5.74) is 1.11. The van der Waals surface area contributed by atoms with Crippen LogP contribution in [0.2, 0.25) is 0 Å². The lowest BCUT2D eigenvalue weighted by Gasteiger charge is -2.33. The molecule has 0 spiro atoms. The second-order valence-electron chi connectivity index (χ2n) is 5.00. The van der Waals surface area contributed by atoms with Crippen LogP contribution in [0.3, 0.4) is 0 Å². The van der Waals surface area contributed by atoms with E-state index in [-0.39, 0.29) is 18.6 Å². The fourth-order valence-electron chi connectivity index (χ4n) is 2.27. The second kappa shape index (κ2) is 7.90. The zero-order chi connectivity index (χ0) is 15.1. The van der Waals surface area contributed by atoms with Gasteiger partial charge in [-0.3, -0.25) is 9.69 Å². The SMILES string of the molecule is CCOc1ccc(C(C)N(CC(=O)O)C(C)CC)cc1. The van der Waals surface area contributed by atoms with E-state index in [1.165, 1.54) is 0 Å². The molecule has 0 amide bonds. The van der Waals surface area contributed by atoms with Crippen LogP contribution in [0.15, 0.2) is 24.3 Å². The highest BCUT2D eigenvalue weighted by molar-refractivity contribution is 5.69. The molecule has 0 saturated heterocycles. The predicted octanol–water partition coefficient (Wildman–Crippen LogP) is 3.33. The van der Waals surface area contributed by atoms with Gasteiger partial charge in [0.2, 0.25) is 0 Å². The quantitative estimate of drug-likeness (QED) is 0.793. The molecule has 1 aromatic carbocycles. The van der Waals surface area contributed by atoms with Gasteiger partial charge in [-0.2, -0.15) is 0 Å². The molecule has 0 saturated carbocycles. The minimum atomic E-state index is -0.789. The van der Waals surface area contributed by atoms with Gasteiger partial charge < -0.3 is 9.84 Å². The lowest BCUT2D eigenvalue weighted by Crippen LogP contribution is -2.39. The smallest absolute Gasteiger partial charge is 0.317 e. The van der Waals surface area contributed by atoms with Gasteiger partial charge in [0, 0.05) is 12.1 Å². The number of hydrogen-bond acceptors (Lipinski definition) is 3. The molecule has 0 fully saturated rings. The summed E-state index contributed by atoms with van der Waals surface area (Å²) in [4.78, 5) is 13.1. The van der Waals surface area contributed by atoms with Crippen molar-refractivity contribution in [2.45, 2.75) is 46.2 Å². The number of rotatable bonds is 8. The molecule has 1 rings (SSSR count). The van der Waals surface area contributed by atoms with Gasteiger partial charge in [-0.25, -0.2) is 0 Å². The van der Waals surface area contributed by atoms with Crippen molar-refractivity contribution in [3.8, 4) is 5.75 Å². The maximum absolute atomic E-state index is 11.0. The first-order valence-electron chi connectivity index (χ1n) is 7.19. The van der Waals surface area contributed by atoms with Crippen molar-refractivity contribution in [3.05, 3.63) is 29.8 Å². The van der Waals surface area contributed by atoms with Crippen LogP contribution in [-0.4, -0.2) is 35.2 Å². The number of nitrogens with zero attached hydrogens (tertiary/aromatic N) is 1. The van der Waals surface area contributed by atoms with Crippen LogP contribution in [0.25, 0.3) is 0 Å². The number of hydrogen-bond donors (Lipinski definition) is 1. The van der Waals surface area contributed by atoms with Crippen molar-refractivity contribution in [2.75, 3.05) is 13.2 Å². The summed E-state index contributed by atoms with van der Waals surface area (Å²) in [6, 6.07) is 8.18. The number of ether oxygens (including phenoxy) is 1. The van der Waals surface area contributed by atoms with Crippen LogP contribution >= 0.6 is 0 Å². The highest BCUT2D eigenvalue weighted by Gasteiger charge is 2.22. The fraction of sp³-hybridized carbons (Fsp3) is 0.562. The Morgan fingerprint density at radius 1 is 1.25 bits per heavy atom. The Balaban J connectivity index is 2.87. The maximum atomic E-state index is 11.0. The Morgan fingerprint density at radius 3 is 2.30 bits per heavy atom. The predicted molar refractivity (Wildman–Crippen MR) is 80.1 cm³/mol. The van der Waals surface area contributed by atoms with Gasteiger partial charge >= 0.3 is 5.97 Å². The first kappa shape index (κ1) is 16.5.